The van der Waals surface area contributed by atoms with Gasteiger partial charge in [0.05, 0.1) is 6.54 Å². The van der Waals surface area contributed by atoms with E-state index in [0.717, 1.165) is 25.9 Å². The van der Waals surface area contributed by atoms with Gasteiger partial charge in [0, 0.05) is 38.6 Å². The lowest BCUT2D eigenvalue weighted by atomic mass is 10.2. The van der Waals surface area contributed by atoms with E-state index < -0.39 is 5.91 Å². The van der Waals surface area contributed by atoms with Gasteiger partial charge in [-0.1, -0.05) is 0 Å². The average Bonchev–Trinajstić information content (AvgIpc) is 2.92. The summed E-state index contributed by atoms with van der Waals surface area (Å²) in [6.45, 7) is 1.52. The third-order valence-electron chi connectivity index (χ3n) is 3.23. The Hall–Kier alpha value is -2.11. The number of hydrogen-bond acceptors (Lipinski definition) is 3. The van der Waals surface area contributed by atoms with Gasteiger partial charge >= 0.3 is 0 Å². The molecular weight excluding hydrogens is 246 g/mol. The minimum absolute atomic E-state index is 0.00711. The zero-order valence-electron chi connectivity index (χ0n) is 10.9. The molecule has 0 spiro atoms. The van der Waals surface area contributed by atoms with Crippen LogP contribution in [0.3, 0.4) is 0 Å². The zero-order chi connectivity index (χ0) is 13.8. The second kappa shape index (κ2) is 5.69. The first-order valence-corrected chi connectivity index (χ1v) is 6.30. The monoisotopic (exact) mass is 263 g/mol. The average molecular weight is 263 g/mol. The highest BCUT2D eigenvalue weighted by atomic mass is 16.2. The molecular formula is C13H17N3O3. The molecule has 6 heteroatoms. The molecule has 1 aliphatic heterocycles. The molecule has 1 aliphatic rings. The number of pyridine rings is 1. The Morgan fingerprint density at radius 2 is 2.05 bits per heavy atom. The van der Waals surface area contributed by atoms with Gasteiger partial charge in [-0.15, -0.1) is 0 Å². The van der Waals surface area contributed by atoms with Crippen molar-refractivity contribution in [1.82, 2.24) is 14.8 Å². The van der Waals surface area contributed by atoms with Gasteiger partial charge in [0.25, 0.3) is 5.91 Å². The Morgan fingerprint density at radius 1 is 1.37 bits per heavy atom. The summed E-state index contributed by atoms with van der Waals surface area (Å²) >= 11 is 0. The van der Waals surface area contributed by atoms with Crippen molar-refractivity contribution in [3.8, 4) is 0 Å². The highest BCUT2D eigenvalue weighted by molar-refractivity contribution is 5.95. The van der Waals surface area contributed by atoms with E-state index >= 15 is 0 Å². The molecule has 0 aromatic carbocycles. The van der Waals surface area contributed by atoms with Gasteiger partial charge in [0.15, 0.2) is 5.43 Å². The Kier molecular flexibility index (Phi) is 3.99. The molecule has 0 saturated carbocycles. The van der Waals surface area contributed by atoms with E-state index in [1.807, 2.05) is 0 Å². The van der Waals surface area contributed by atoms with Crippen LogP contribution in [0.25, 0.3) is 0 Å². The van der Waals surface area contributed by atoms with Gasteiger partial charge < -0.3 is 14.8 Å². The highest BCUT2D eigenvalue weighted by Gasteiger charge is 2.22. The first-order valence-electron chi connectivity index (χ1n) is 6.30. The van der Waals surface area contributed by atoms with Crippen molar-refractivity contribution >= 4 is 11.8 Å². The predicted molar refractivity (Wildman–Crippen MR) is 69.8 cm³/mol. The van der Waals surface area contributed by atoms with Gasteiger partial charge in [-0.05, 0) is 12.8 Å². The molecule has 1 aromatic heterocycles. The van der Waals surface area contributed by atoms with Crippen LogP contribution < -0.4 is 5.43 Å². The maximum atomic E-state index is 12.1. The molecule has 6 nitrogen and oxygen atoms in total. The molecule has 1 saturated heterocycles. The molecule has 0 bridgehead atoms. The number of likely N-dealkylation sites (tertiary alicyclic amines) is 1. The van der Waals surface area contributed by atoms with Crippen LogP contribution in [0.1, 0.15) is 23.2 Å². The number of carbonyl (C=O) groups excluding carboxylic acids is 2. The van der Waals surface area contributed by atoms with Crippen LogP contribution in [0.2, 0.25) is 0 Å². The Morgan fingerprint density at radius 3 is 2.68 bits per heavy atom. The van der Waals surface area contributed by atoms with E-state index in [9.17, 15) is 14.4 Å². The van der Waals surface area contributed by atoms with Crippen molar-refractivity contribution in [2.45, 2.75) is 12.8 Å². The van der Waals surface area contributed by atoms with E-state index in [2.05, 4.69) is 4.98 Å². The second-order valence-electron chi connectivity index (χ2n) is 4.67. The fraction of sp³-hybridized carbons (Fsp3) is 0.462. The summed E-state index contributed by atoms with van der Waals surface area (Å²) < 4.78 is 0. The Bertz CT molecular complexity index is 532. The summed E-state index contributed by atoms with van der Waals surface area (Å²) in [6, 6.07) is 1.30. The molecule has 0 unspecified atom stereocenters. The highest BCUT2D eigenvalue weighted by Crippen LogP contribution is 2.08. The van der Waals surface area contributed by atoms with Crippen molar-refractivity contribution < 1.29 is 9.59 Å². The SMILES string of the molecule is CN(CC(=O)N1CCCC1)C(=O)c1c[nH]ccc1=O. The lowest BCUT2D eigenvalue weighted by Gasteiger charge is -2.21. The molecule has 2 amide bonds. The van der Waals surface area contributed by atoms with Crippen molar-refractivity contribution in [3.05, 3.63) is 34.2 Å². The number of nitrogens with one attached hydrogen (secondary N) is 1. The number of rotatable bonds is 3. The first-order chi connectivity index (χ1) is 9.09. The van der Waals surface area contributed by atoms with E-state index in [0.29, 0.717) is 0 Å². The van der Waals surface area contributed by atoms with E-state index in [1.54, 1.807) is 4.90 Å². The fourth-order valence-corrected chi connectivity index (χ4v) is 2.13. The van der Waals surface area contributed by atoms with Crippen LogP contribution in [0.15, 0.2) is 23.3 Å². The summed E-state index contributed by atoms with van der Waals surface area (Å²) in [4.78, 5) is 41.3. The van der Waals surface area contributed by atoms with Crippen molar-refractivity contribution in [2.75, 3.05) is 26.7 Å². The van der Waals surface area contributed by atoms with E-state index in [4.69, 9.17) is 0 Å². The first kappa shape index (κ1) is 13.3. The van der Waals surface area contributed by atoms with Gasteiger partial charge in [0.2, 0.25) is 5.91 Å². The third kappa shape index (κ3) is 3.01. The topological polar surface area (TPSA) is 73.5 Å². The number of carbonyl (C=O) groups is 2. The molecule has 0 radical (unpaired) electrons. The van der Waals surface area contributed by atoms with E-state index in [1.165, 1.54) is 30.4 Å². The lowest BCUT2D eigenvalue weighted by molar-refractivity contribution is -0.130. The molecule has 0 aliphatic carbocycles. The van der Waals surface area contributed by atoms with Crippen LogP contribution in [-0.4, -0.2) is 53.3 Å². The number of likely N-dealkylation sites (N-methyl/N-ethyl adjacent to an activating group) is 1. The maximum absolute atomic E-state index is 12.1. The number of hydrogen-bond donors (Lipinski definition) is 1. The molecule has 0 atom stereocenters. The number of aromatic nitrogens is 1. The molecule has 1 fully saturated rings. The summed E-state index contributed by atoms with van der Waals surface area (Å²) in [5.74, 6) is -0.505. The van der Waals surface area contributed by atoms with Crippen molar-refractivity contribution in [3.63, 3.8) is 0 Å². The van der Waals surface area contributed by atoms with Crippen LogP contribution in [0.4, 0.5) is 0 Å². The predicted octanol–water partition coefficient (Wildman–Crippen LogP) is 0.0693. The summed E-state index contributed by atoms with van der Waals surface area (Å²) in [5, 5.41) is 0. The molecule has 19 heavy (non-hydrogen) atoms. The van der Waals surface area contributed by atoms with Crippen LogP contribution >= 0.6 is 0 Å². The van der Waals surface area contributed by atoms with Gasteiger partial charge in [-0.3, -0.25) is 14.4 Å². The number of amides is 2. The third-order valence-corrected chi connectivity index (χ3v) is 3.23. The standard InChI is InChI=1S/C13H17N3O3/c1-15(9-12(18)16-6-2-3-7-16)13(19)10-8-14-5-4-11(10)17/h4-5,8H,2-3,6-7,9H2,1H3,(H,14,17). The second-order valence-corrected chi connectivity index (χ2v) is 4.67. The normalized spacial score (nSPS) is 14.5. The van der Waals surface area contributed by atoms with Gasteiger partial charge in [-0.2, -0.15) is 0 Å². The summed E-state index contributed by atoms with van der Waals surface area (Å²) in [5.41, 5.74) is -0.288. The van der Waals surface area contributed by atoms with Crippen molar-refractivity contribution in [2.24, 2.45) is 0 Å². The number of aromatic amines is 1. The Balaban J connectivity index is 2.01. The van der Waals surface area contributed by atoms with Crippen LogP contribution in [-0.2, 0) is 4.79 Å². The minimum Gasteiger partial charge on any atom is -0.367 e. The Labute approximate surface area is 111 Å². The van der Waals surface area contributed by atoms with E-state index in [-0.39, 0.29) is 23.4 Å². The smallest absolute Gasteiger partial charge is 0.259 e. The number of H-pyrrole nitrogens is 1. The largest absolute Gasteiger partial charge is 0.367 e. The van der Waals surface area contributed by atoms with Crippen LogP contribution in [0.5, 0.6) is 0 Å². The minimum atomic E-state index is -0.436. The maximum Gasteiger partial charge on any atom is 0.259 e. The quantitative estimate of drug-likeness (QED) is 0.838. The zero-order valence-corrected chi connectivity index (χ0v) is 10.9. The molecule has 2 heterocycles. The molecule has 1 N–H and O–H groups in total. The molecule has 2 rings (SSSR count). The lowest BCUT2D eigenvalue weighted by Crippen LogP contribution is -2.41. The van der Waals surface area contributed by atoms with Gasteiger partial charge in [0.1, 0.15) is 5.56 Å². The van der Waals surface area contributed by atoms with Gasteiger partial charge in [-0.25, -0.2) is 0 Å². The van der Waals surface area contributed by atoms with Crippen molar-refractivity contribution in [1.29, 1.82) is 0 Å². The number of nitrogens with zero attached hydrogens (tertiary/aromatic N) is 2. The molecule has 1 aromatic rings. The molecule has 102 valence electrons. The summed E-state index contributed by atoms with van der Waals surface area (Å²) in [6.07, 6.45) is 4.86. The fourth-order valence-electron chi connectivity index (χ4n) is 2.13. The van der Waals surface area contributed by atoms with Crippen LogP contribution in [0, 0.1) is 0 Å². The summed E-state index contributed by atoms with van der Waals surface area (Å²) in [7, 11) is 1.53.